The quantitative estimate of drug-likeness (QED) is 0.526. The highest BCUT2D eigenvalue weighted by atomic mass is 32.2. The van der Waals surface area contributed by atoms with Crippen molar-refractivity contribution < 1.29 is 22.3 Å². The molecule has 0 aliphatic carbocycles. The van der Waals surface area contributed by atoms with Gasteiger partial charge in [0.25, 0.3) is 5.91 Å². The summed E-state index contributed by atoms with van der Waals surface area (Å²) in [4.78, 5) is 12.5. The lowest BCUT2D eigenvalue weighted by atomic mass is 10.1. The first kappa shape index (κ1) is 23.3. The summed E-state index contributed by atoms with van der Waals surface area (Å²) in [6, 6.07) is 19.6. The van der Waals surface area contributed by atoms with Crippen LogP contribution < -0.4 is 14.4 Å². The molecule has 3 aromatic rings. The maximum Gasteiger partial charge on any atom is 0.251 e. The van der Waals surface area contributed by atoms with Gasteiger partial charge in [0.2, 0.25) is 10.0 Å². The zero-order valence-corrected chi connectivity index (χ0v) is 18.7. The molecule has 6 nitrogen and oxygen atoms in total. The lowest BCUT2D eigenvalue weighted by molar-refractivity contribution is 0.0951. The predicted octanol–water partition coefficient (Wildman–Crippen LogP) is 4.12. The van der Waals surface area contributed by atoms with E-state index in [9.17, 15) is 17.6 Å². The summed E-state index contributed by atoms with van der Waals surface area (Å²) in [6.45, 7) is 2.70. The number of sulfonamides is 1. The van der Waals surface area contributed by atoms with Crippen molar-refractivity contribution in [3.05, 3.63) is 95.3 Å². The first-order valence-corrected chi connectivity index (χ1v) is 11.9. The third-order valence-corrected chi connectivity index (χ3v) is 5.92. The van der Waals surface area contributed by atoms with E-state index in [1.165, 1.54) is 24.3 Å². The van der Waals surface area contributed by atoms with E-state index in [4.69, 9.17) is 4.74 Å². The number of nitrogens with zero attached hydrogens (tertiary/aromatic N) is 1. The number of halogens is 1. The van der Waals surface area contributed by atoms with Crippen LogP contribution in [0.2, 0.25) is 0 Å². The summed E-state index contributed by atoms with van der Waals surface area (Å²) in [5, 5.41) is 2.83. The maximum absolute atomic E-state index is 14.0. The molecule has 3 rings (SSSR count). The Balaban J connectivity index is 1.69. The molecular formula is C24H25FN2O4S. The standard InChI is InChI=1S/C24H25FN2O4S/c1-3-31-22-14-8-18(9-15-22)16-26-24(28)19-10-12-21(13-11-19)27(32(2,29)30)17-20-6-4-5-7-23(20)25/h4-15H,3,16-17H2,1-2H3,(H,26,28). The molecule has 0 fully saturated rings. The van der Waals surface area contributed by atoms with E-state index in [0.717, 1.165) is 21.9 Å². The van der Waals surface area contributed by atoms with E-state index in [-0.39, 0.29) is 18.0 Å². The summed E-state index contributed by atoms with van der Waals surface area (Å²) >= 11 is 0. The van der Waals surface area contributed by atoms with E-state index in [2.05, 4.69) is 5.32 Å². The minimum atomic E-state index is -3.66. The van der Waals surface area contributed by atoms with Crippen molar-refractivity contribution in [2.24, 2.45) is 0 Å². The number of hydrogen-bond donors (Lipinski definition) is 1. The molecule has 0 bridgehead atoms. The van der Waals surface area contributed by atoms with Gasteiger partial charge in [0.1, 0.15) is 11.6 Å². The third kappa shape index (κ3) is 6.07. The molecular weight excluding hydrogens is 431 g/mol. The van der Waals surface area contributed by atoms with Gasteiger partial charge in [0, 0.05) is 17.7 Å². The Kier molecular flexibility index (Phi) is 7.48. The van der Waals surface area contributed by atoms with Gasteiger partial charge in [0.05, 0.1) is 25.1 Å². The largest absolute Gasteiger partial charge is 0.494 e. The molecule has 0 saturated heterocycles. The van der Waals surface area contributed by atoms with E-state index in [1.54, 1.807) is 24.3 Å². The second-order valence-corrected chi connectivity index (χ2v) is 9.07. The molecule has 1 amide bonds. The topological polar surface area (TPSA) is 75.7 Å². The van der Waals surface area contributed by atoms with Crippen LogP contribution in [0, 0.1) is 5.82 Å². The molecule has 32 heavy (non-hydrogen) atoms. The fraction of sp³-hybridized carbons (Fsp3) is 0.208. The van der Waals surface area contributed by atoms with Crippen LogP contribution in [0.1, 0.15) is 28.4 Å². The number of carbonyl (C=O) groups is 1. The molecule has 8 heteroatoms. The van der Waals surface area contributed by atoms with Crippen molar-refractivity contribution in [1.29, 1.82) is 0 Å². The van der Waals surface area contributed by atoms with Gasteiger partial charge in [-0.25, -0.2) is 12.8 Å². The molecule has 168 valence electrons. The van der Waals surface area contributed by atoms with E-state index in [1.807, 2.05) is 31.2 Å². The predicted molar refractivity (Wildman–Crippen MR) is 123 cm³/mol. The number of amides is 1. The van der Waals surface area contributed by atoms with E-state index in [0.29, 0.717) is 24.4 Å². The van der Waals surface area contributed by atoms with E-state index >= 15 is 0 Å². The average Bonchev–Trinajstić information content (AvgIpc) is 2.77. The lowest BCUT2D eigenvalue weighted by Crippen LogP contribution is -2.30. The highest BCUT2D eigenvalue weighted by Crippen LogP contribution is 2.22. The zero-order chi connectivity index (χ0) is 23.1. The Morgan fingerprint density at radius 2 is 1.66 bits per heavy atom. The summed E-state index contributed by atoms with van der Waals surface area (Å²) < 4.78 is 45.1. The number of carbonyl (C=O) groups excluding carboxylic acids is 1. The SMILES string of the molecule is CCOc1ccc(CNC(=O)c2ccc(N(Cc3ccccc3F)S(C)(=O)=O)cc2)cc1. The molecule has 1 N–H and O–H groups in total. The van der Waals surface area contributed by atoms with Gasteiger partial charge in [-0.1, -0.05) is 30.3 Å². The number of nitrogens with one attached hydrogen (secondary N) is 1. The van der Waals surface area contributed by atoms with Crippen LogP contribution in [0.4, 0.5) is 10.1 Å². The molecule has 0 saturated carbocycles. The van der Waals surface area contributed by atoms with Crippen LogP contribution in [0.5, 0.6) is 5.75 Å². The summed E-state index contributed by atoms with van der Waals surface area (Å²) in [6.07, 6.45) is 1.06. The van der Waals surface area contributed by atoms with Crippen LogP contribution in [0.25, 0.3) is 0 Å². The fourth-order valence-electron chi connectivity index (χ4n) is 3.12. The molecule has 0 heterocycles. The Morgan fingerprint density at radius 3 is 2.25 bits per heavy atom. The Hall–Kier alpha value is -3.39. The van der Waals surface area contributed by atoms with Gasteiger partial charge >= 0.3 is 0 Å². The number of rotatable bonds is 9. The lowest BCUT2D eigenvalue weighted by Gasteiger charge is -2.23. The number of hydrogen-bond acceptors (Lipinski definition) is 4. The zero-order valence-electron chi connectivity index (χ0n) is 17.9. The Bertz CT molecular complexity index is 1160. The average molecular weight is 457 g/mol. The number of anilines is 1. The molecule has 0 spiro atoms. The molecule has 0 aliphatic heterocycles. The van der Waals surface area contributed by atoms with Crippen molar-refractivity contribution in [3.63, 3.8) is 0 Å². The monoisotopic (exact) mass is 456 g/mol. The molecule has 0 unspecified atom stereocenters. The first-order valence-electron chi connectivity index (χ1n) is 10.1. The molecule has 0 radical (unpaired) electrons. The summed E-state index contributed by atoms with van der Waals surface area (Å²) in [5.41, 5.74) is 1.92. The Labute approximate surface area is 187 Å². The van der Waals surface area contributed by atoms with Gasteiger partial charge < -0.3 is 10.1 Å². The highest BCUT2D eigenvalue weighted by Gasteiger charge is 2.20. The maximum atomic E-state index is 14.0. The van der Waals surface area contributed by atoms with Crippen molar-refractivity contribution in [2.75, 3.05) is 17.2 Å². The van der Waals surface area contributed by atoms with E-state index < -0.39 is 15.8 Å². The normalized spacial score (nSPS) is 11.1. The highest BCUT2D eigenvalue weighted by molar-refractivity contribution is 7.92. The number of ether oxygens (including phenoxy) is 1. The van der Waals surface area contributed by atoms with Crippen molar-refractivity contribution in [3.8, 4) is 5.75 Å². The molecule has 0 aliphatic rings. The van der Waals surface area contributed by atoms with Crippen LogP contribution in [0.15, 0.2) is 72.8 Å². The second kappa shape index (κ2) is 10.3. The summed E-state index contributed by atoms with van der Waals surface area (Å²) in [5.74, 6) is 0.000798. The van der Waals surface area contributed by atoms with Crippen LogP contribution in [-0.4, -0.2) is 27.2 Å². The van der Waals surface area contributed by atoms with Gasteiger partial charge in [-0.2, -0.15) is 0 Å². The van der Waals surface area contributed by atoms with Crippen LogP contribution >= 0.6 is 0 Å². The third-order valence-electron chi connectivity index (χ3n) is 4.78. The van der Waals surface area contributed by atoms with Gasteiger partial charge in [-0.05, 0) is 55.0 Å². The van der Waals surface area contributed by atoms with Gasteiger partial charge in [-0.15, -0.1) is 0 Å². The smallest absolute Gasteiger partial charge is 0.251 e. The van der Waals surface area contributed by atoms with Crippen molar-refractivity contribution in [1.82, 2.24) is 5.32 Å². The Morgan fingerprint density at radius 1 is 1.00 bits per heavy atom. The molecule has 0 aromatic heterocycles. The minimum absolute atomic E-state index is 0.144. The molecule has 3 aromatic carbocycles. The van der Waals surface area contributed by atoms with Crippen molar-refractivity contribution >= 4 is 21.6 Å². The van der Waals surface area contributed by atoms with Crippen LogP contribution in [0.3, 0.4) is 0 Å². The molecule has 0 atom stereocenters. The fourth-order valence-corrected chi connectivity index (χ4v) is 3.99. The number of benzene rings is 3. The van der Waals surface area contributed by atoms with Gasteiger partial charge in [-0.3, -0.25) is 9.10 Å². The first-order chi connectivity index (χ1) is 15.3. The minimum Gasteiger partial charge on any atom is -0.494 e. The van der Waals surface area contributed by atoms with Crippen LogP contribution in [-0.2, 0) is 23.1 Å². The van der Waals surface area contributed by atoms with Crippen molar-refractivity contribution in [2.45, 2.75) is 20.0 Å². The second-order valence-electron chi connectivity index (χ2n) is 7.17. The van der Waals surface area contributed by atoms with Gasteiger partial charge in [0.15, 0.2) is 0 Å². The summed E-state index contributed by atoms with van der Waals surface area (Å²) in [7, 11) is -3.66.